The van der Waals surface area contributed by atoms with E-state index >= 15 is 0 Å². The number of unbranched alkanes of at least 4 members (excludes halogenated alkanes) is 9. The number of carbonyl (C=O) groups is 1. The highest BCUT2D eigenvalue weighted by molar-refractivity contribution is 5.66. The van der Waals surface area contributed by atoms with Gasteiger partial charge in [-0.3, -0.25) is 4.79 Å². The minimum Gasteiger partial charge on any atom is -0.461 e. The summed E-state index contributed by atoms with van der Waals surface area (Å²) in [5, 5.41) is 3.63. The summed E-state index contributed by atoms with van der Waals surface area (Å²) < 4.78 is 5.36. The van der Waals surface area contributed by atoms with Gasteiger partial charge in [0.2, 0.25) is 0 Å². The Hall–Kier alpha value is -0.570. The van der Waals surface area contributed by atoms with Crippen molar-refractivity contribution in [2.75, 3.05) is 0 Å². The van der Waals surface area contributed by atoms with Gasteiger partial charge < -0.3 is 10.1 Å². The van der Waals surface area contributed by atoms with Gasteiger partial charge in [-0.25, -0.2) is 0 Å². The maximum absolute atomic E-state index is 11.1. The van der Waals surface area contributed by atoms with Crippen molar-refractivity contribution in [1.82, 2.24) is 5.32 Å². The number of nitrogens with one attached hydrogen (secondary N) is 1. The van der Waals surface area contributed by atoms with E-state index in [2.05, 4.69) is 19.2 Å². The lowest BCUT2D eigenvalue weighted by Crippen LogP contribution is -2.50. The quantitative estimate of drug-likeness (QED) is 0.387. The summed E-state index contributed by atoms with van der Waals surface area (Å²) in [6, 6.07) is 0.909. The molecule has 1 saturated heterocycles. The van der Waals surface area contributed by atoms with Crippen LogP contribution in [0.5, 0.6) is 0 Å². The molecule has 0 aromatic carbocycles. The number of carbonyl (C=O) groups excluding carboxylic acids is 1. The minimum absolute atomic E-state index is 0.0662. The second kappa shape index (κ2) is 12.8. The zero-order valence-corrected chi connectivity index (χ0v) is 15.7. The molecular weight excluding hydrogens is 286 g/mol. The van der Waals surface area contributed by atoms with E-state index in [1.165, 1.54) is 77.6 Å². The van der Waals surface area contributed by atoms with E-state index in [1.54, 1.807) is 0 Å². The summed E-state index contributed by atoms with van der Waals surface area (Å²) in [6.45, 7) is 5.92. The van der Waals surface area contributed by atoms with Gasteiger partial charge in [-0.2, -0.15) is 0 Å². The summed E-state index contributed by atoms with van der Waals surface area (Å²) >= 11 is 0. The van der Waals surface area contributed by atoms with Crippen molar-refractivity contribution >= 4 is 5.97 Å². The first-order valence-corrected chi connectivity index (χ1v) is 10.1. The molecule has 1 fully saturated rings. The number of esters is 1. The topological polar surface area (TPSA) is 38.3 Å². The molecule has 0 bridgehead atoms. The third-order valence-electron chi connectivity index (χ3n) is 5.08. The zero-order chi connectivity index (χ0) is 16.9. The van der Waals surface area contributed by atoms with Crippen molar-refractivity contribution in [2.45, 2.75) is 122 Å². The zero-order valence-electron chi connectivity index (χ0n) is 15.7. The van der Waals surface area contributed by atoms with Crippen molar-refractivity contribution in [3.8, 4) is 0 Å². The van der Waals surface area contributed by atoms with Crippen molar-refractivity contribution in [3.63, 3.8) is 0 Å². The maximum atomic E-state index is 11.1. The predicted octanol–water partition coefficient (Wildman–Crippen LogP) is 5.37. The minimum atomic E-state index is -0.156. The van der Waals surface area contributed by atoms with Gasteiger partial charge in [-0.1, -0.05) is 71.1 Å². The Balaban J connectivity index is 1.93. The molecular formula is C20H39NO2. The Morgan fingerprint density at radius 1 is 0.957 bits per heavy atom. The third-order valence-corrected chi connectivity index (χ3v) is 5.08. The van der Waals surface area contributed by atoms with Crippen LogP contribution in [0, 0.1) is 0 Å². The van der Waals surface area contributed by atoms with Crippen LogP contribution in [0.4, 0.5) is 0 Å². The highest BCUT2D eigenvalue weighted by atomic mass is 16.5. The van der Waals surface area contributed by atoms with E-state index in [1.807, 2.05) is 0 Å². The molecule has 0 unspecified atom stereocenters. The number of piperidine rings is 1. The molecule has 0 amide bonds. The molecule has 3 atom stereocenters. The fourth-order valence-corrected chi connectivity index (χ4v) is 3.66. The summed E-state index contributed by atoms with van der Waals surface area (Å²) in [4.78, 5) is 11.1. The number of hydrogen-bond acceptors (Lipinski definition) is 3. The van der Waals surface area contributed by atoms with Gasteiger partial charge in [0.05, 0.1) is 0 Å². The van der Waals surface area contributed by atoms with Crippen LogP contribution in [0.25, 0.3) is 0 Å². The van der Waals surface area contributed by atoms with Crippen LogP contribution in [-0.2, 0) is 9.53 Å². The van der Waals surface area contributed by atoms with Gasteiger partial charge in [0, 0.05) is 19.0 Å². The summed E-state index contributed by atoms with van der Waals surface area (Å²) in [6.07, 6.45) is 17.5. The Bertz CT molecular complexity index is 306. The van der Waals surface area contributed by atoms with Crippen LogP contribution < -0.4 is 5.32 Å². The van der Waals surface area contributed by atoms with E-state index in [0.29, 0.717) is 12.1 Å². The lowest BCUT2D eigenvalue weighted by atomic mass is 9.93. The molecule has 23 heavy (non-hydrogen) atoms. The van der Waals surface area contributed by atoms with Crippen LogP contribution >= 0.6 is 0 Å². The van der Waals surface area contributed by atoms with E-state index in [4.69, 9.17) is 4.74 Å². The first-order chi connectivity index (χ1) is 11.1. The van der Waals surface area contributed by atoms with E-state index < -0.39 is 0 Å². The Morgan fingerprint density at radius 3 is 2.04 bits per heavy atom. The fourth-order valence-electron chi connectivity index (χ4n) is 3.66. The highest BCUT2D eigenvalue weighted by Gasteiger charge is 2.28. The van der Waals surface area contributed by atoms with Gasteiger partial charge in [-0.05, 0) is 26.2 Å². The SMILES string of the molecule is CCCCCCCCCCCC[C@@H]1CC[C@H](OC(C)=O)[C@H](C)N1. The van der Waals surface area contributed by atoms with Gasteiger partial charge in [0.1, 0.15) is 6.10 Å². The first-order valence-electron chi connectivity index (χ1n) is 10.1. The molecule has 0 saturated carbocycles. The smallest absolute Gasteiger partial charge is 0.302 e. The van der Waals surface area contributed by atoms with E-state index in [0.717, 1.165) is 12.8 Å². The predicted molar refractivity (Wildman–Crippen MR) is 97.6 cm³/mol. The molecule has 1 aliphatic heterocycles. The molecule has 3 heteroatoms. The molecule has 0 spiro atoms. The normalized spacial score (nSPS) is 24.6. The fraction of sp³-hybridized carbons (Fsp3) is 0.950. The second-order valence-corrected chi connectivity index (χ2v) is 7.35. The van der Waals surface area contributed by atoms with Crippen molar-refractivity contribution < 1.29 is 9.53 Å². The number of ether oxygens (including phenoxy) is 1. The van der Waals surface area contributed by atoms with Crippen molar-refractivity contribution in [3.05, 3.63) is 0 Å². The van der Waals surface area contributed by atoms with Crippen LogP contribution in [0.15, 0.2) is 0 Å². The van der Waals surface area contributed by atoms with Crippen LogP contribution in [-0.4, -0.2) is 24.2 Å². The highest BCUT2D eigenvalue weighted by Crippen LogP contribution is 2.21. The van der Waals surface area contributed by atoms with Gasteiger partial charge in [-0.15, -0.1) is 0 Å². The molecule has 0 aromatic heterocycles. The van der Waals surface area contributed by atoms with E-state index in [9.17, 15) is 4.79 Å². The second-order valence-electron chi connectivity index (χ2n) is 7.35. The van der Waals surface area contributed by atoms with Gasteiger partial charge in [0.15, 0.2) is 0 Å². The van der Waals surface area contributed by atoms with Crippen molar-refractivity contribution in [2.24, 2.45) is 0 Å². The van der Waals surface area contributed by atoms with Gasteiger partial charge in [0.25, 0.3) is 0 Å². The molecule has 0 aromatic rings. The standard InChI is InChI=1S/C20H39NO2/c1-4-5-6-7-8-9-10-11-12-13-14-19-15-16-20(17(2)21-19)23-18(3)22/h17,19-21H,4-16H2,1-3H3/t17-,19+,20-/m0/s1. The third kappa shape index (κ3) is 10.0. The molecule has 0 radical (unpaired) electrons. The number of hydrogen-bond donors (Lipinski definition) is 1. The first kappa shape index (κ1) is 20.5. The monoisotopic (exact) mass is 325 g/mol. The lowest BCUT2D eigenvalue weighted by molar-refractivity contribution is -0.149. The molecule has 1 aliphatic rings. The Morgan fingerprint density at radius 2 is 1.52 bits per heavy atom. The maximum Gasteiger partial charge on any atom is 0.302 e. The van der Waals surface area contributed by atoms with Crippen LogP contribution in [0.2, 0.25) is 0 Å². The summed E-state index contributed by atoms with van der Waals surface area (Å²) in [5.41, 5.74) is 0. The van der Waals surface area contributed by atoms with Gasteiger partial charge >= 0.3 is 5.97 Å². The number of rotatable bonds is 12. The molecule has 3 nitrogen and oxygen atoms in total. The molecule has 1 rings (SSSR count). The van der Waals surface area contributed by atoms with Crippen LogP contribution in [0.3, 0.4) is 0 Å². The summed E-state index contributed by atoms with van der Waals surface area (Å²) in [7, 11) is 0. The molecule has 136 valence electrons. The Labute approximate surface area is 143 Å². The average Bonchev–Trinajstić information content (AvgIpc) is 2.51. The summed E-state index contributed by atoms with van der Waals surface area (Å²) in [5.74, 6) is -0.156. The Kier molecular flexibility index (Phi) is 11.4. The molecule has 0 aliphatic carbocycles. The van der Waals surface area contributed by atoms with E-state index in [-0.39, 0.29) is 12.1 Å². The largest absolute Gasteiger partial charge is 0.461 e. The molecule has 1 N–H and O–H groups in total. The average molecular weight is 326 g/mol. The molecule has 1 heterocycles. The van der Waals surface area contributed by atoms with Crippen LogP contribution in [0.1, 0.15) is 104 Å². The lowest BCUT2D eigenvalue weighted by Gasteiger charge is -2.35. The van der Waals surface area contributed by atoms with Crippen molar-refractivity contribution in [1.29, 1.82) is 0 Å².